The van der Waals surface area contributed by atoms with Crippen LogP contribution in [0, 0.1) is 13.8 Å². The Balaban J connectivity index is 1.58. The lowest BCUT2D eigenvalue weighted by Gasteiger charge is -2.36. The SMILES string of the molecule is Cc1ccc(N2CCN(C(=O)Nc3cc(C)on3)CC2)c(Br)c1. The molecule has 1 N–H and O–H groups in total. The Labute approximate surface area is 143 Å². The zero-order chi connectivity index (χ0) is 16.4. The fourth-order valence-corrected chi connectivity index (χ4v) is 3.38. The van der Waals surface area contributed by atoms with Crippen LogP contribution in [0.5, 0.6) is 0 Å². The molecule has 0 unspecified atom stereocenters. The molecule has 0 spiro atoms. The molecular formula is C16H19BrN4O2. The van der Waals surface area contributed by atoms with Gasteiger partial charge in [-0.25, -0.2) is 4.79 Å². The van der Waals surface area contributed by atoms with Crippen LogP contribution in [0.2, 0.25) is 0 Å². The predicted molar refractivity (Wildman–Crippen MR) is 92.9 cm³/mol. The van der Waals surface area contributed by atoms with Crippen molar-refractivity contribution in [2.45, 2.75) is 13.8 Å². The van der Waals surface area contributed by atoms with Crippen LogP contribution in [0.25, 0.3) is 0 Å². The minimum absolute atomic E-state index is 0.138. The summed E-state index contributed by atoms with van der Waals surface area (Å²) in [6.07, 6.45) is 0. The number of carbonyl (C=O) groups is 1. The number of rotatable bonds is 2. The van der Waals surface area contributed by atoms with Crippen molar-refractivity contribution >= 4 is 33.5 Å². The van der Waals surface area contributed by atoms with Gasteiger partial charge in [0.25, 0.3) is 0 Å². The van der Waals surface area contributed by atoms with Gasteiger partial charge in [0.05, 0.1) is 5.69 Å². The Morgan fingerprint density at radius 2 is 1.96 bits per heavy atom. The van der Waals surface area contributed by atoms with Crippen molar-refractivity contribution in [1.82, 2.24) is 10.1 Å². The number of nitrogens with one attached hydrogen (secondary N) is 1. The van der Waals surface area contributed by atoms with Crippen LogP contribution in [0.15, 0.2) is 33.3 Å². The molecule has 2 heterocycles. The van der Waals surface area contributed by atoms with E-state index in [1.807, 2.05) is 0 Å². The van der Waals surface area contributed by atoms with E-state index in [2.05, 4.69) is 56.4 Å². The molecule has 2 aromatic rings. The number of aryl methyl sites for hydroxylation is 2. The molecule has 2 amide bonds. The highest BCUT2D eigenvalue weighted by Gasteiger charge is 2.23. The molecule has 23 heavy (non-hydrogen) atoms. The summed E-state index contributed by atoms with van der Waals surface area (Å²) in [7, 11) is 0. The van der Waals surface area contributed by atoms with Gasteiger partial charge in [-0.1, -0.05) is 11.2 Å². The first-order chi connectivity index (χ1) is 11.0. The van der Waals surface area contributed by atoms with Crippen LogP contribution in [0.3, 0.4) is 0 Å². The van der Waals surface area contributed by atoms with Crippen molar-refractivity contribution in [1.29, 1.82) is 0 Å². The predicted octanol–water partition coefficient (Wildman–Crippen LogP) is 3.41. The van der Waals surface area contributed by atoms with Crippen molar-refractivity contribution in [3.63, 3.8) is 0 Å². The molecule has 1 aromatic heterocycles. The van der Waals surface area contributed by atoms with Crippen LogP contribution in [0.4, 0.5) is 16.3 Å². The lowest BCUT2D eigenvalue weighted by molar-refractivity contribution is 0.208. The van der Waals surface area contributed by atoms with Crippen molar-refractivity contribution < 1.29 is 9.32 Å². The highest BCUT2D eigenvalue weighted by Crippen LogP contribution is 2.28. The molecule has 0 radical (unpaired) electrons. The minimum Gasteiger partial charge on any atom is -0.367 e. The smallest absolute Gasteiger partial charge is 0.323 e. The van der Waals surface area contributed by atoms with E-state index in [1.165, 1.54) is 11.3 Å². The summed E-state index contributed by atoms with van der Waals surface area (Å²) in [5.74, 6) is 1.13. The third-order valence-corrected chi connectivity index (χ3v) is 4.51. The number of amides is 2. The Hall–Kier alpha value is -2.02. The molecule has 1 aliphatic heterocycles. The second kappa shape index (κ2) is 6.62. The fraction of sp³-hybridized carbons (Fsp3) is 0.375. The third kappa shape index (κ3) is 3.67. The lowest BCUT2D eigenvalue weighted by atomic mass is 10.2. The average Bonchev–Trinajstić information content (AvgIpc) is 2.92. The molecule has 1 saturated heterocycles. The lowest BCUT2D eigenvalue weighted by Crippen LogP contribution is -2.50. The Kier molecular flexibility index (Phi) is 4.56. The number of piperazine rings is 1. The largest absolute Gasteiger partial charge is 0.367 e. The summed E-state index contributed by atoms with van der Waals surface area (Å²) in [5.41, 5.74) is 2.39. The quantitative estimate of drug-likeness (QED) is 0.869. The Bertz CT molecular complexity index is 708. The molecule has 1 aliphatic rings. The van der Waals surface area contributed by atoms with Crippen molar-refractivity contribution in [2.75, 3.05) is 36.4 Å². The average molecular weight is 379 g/mol. The van der Waals surface area contributed by atoms with Crippen LogP contribution < -0.4 is 10.2 Å². The van der Waals surface area contributed by atoms with E-state index >= 15 is 0 Å². The van der Waals surface area contributed by atoms with E-state index in [0.717, 1.165) is 17.6 Å². The van der Waals surface area contributed by atoms with Crippen LogP contribution in [0.1, 0.15) is 11.3 Å². The van der Waals surface area contributed by atoms with Crippen LogP contribution in [-0.4, -0.2) is 42.3 Å². The second-order valence-corrected chi connectivity index (χ2v) is 6.54. The maximum absolute atomic E-state index is 12.2. The molecule has 6 nitrogen and oxygen atoms in total. The van der Waals surface area contributed by atoms with Gasteiger partial charge >= 0.3 is 6.03 Å². The van der Waals surface area contributed by atoms with Gasteiger partial charge in [0, 0.05) is 36.7 Å². The number of halogens is 1. The fourth-order valence-electron chi connectivity index (χ4n) is 2.63. The zero-order valence-corrected chi connectivity index (χ0v) is 14.8. The Morgan fingerprint density at radius 3 is 2.57 bits per heavy atom. The molecule has 7 heteroatoms. The number of benzene rings is 1. The molecule has 0 saturated carbocycles. The monoisotopic (exact) mass is 378 g/mol. The molecule has 1 aromatic carbocycles. The first-order valence-corrected chi connectivity index (χ1v) is 8.32. The standard InChI is InChI=1S/C16H19BrN4O2/c1-11-3-4-14(13(17)9-11)20-5-7-21(8-6-20)16(22)18-15-10-12(2)23-19-15/h3-4,9-10H,5-8H2,1-2H3,(H,18,19,22). The first kappa shape index (κ1) is 15.9. The summed E-state index contributed by atoms with van der Waals surface area (Å²) < 4.78 is 6.04. The van der Waals surface area contributed by atoms with Gasteiger partial charge in [0.1, 0.15) is 5.76 Å². The molecule has 1 fully saturated rings. The van der Waals surface area contributed by atoms with E-state index in [4.69, 9.17) is 4.52 Å². The van der Waals surface area contributed by atoms with Gasteiger partial charge in [-0.2, -0.15) is 0 Å². The molecule has 0 aliphatic carbocycles. The minimum atomic E-state index is -0.138. The molecular weight excluding hydrogens is 360 g/mol. The highest BCUT2D eigenvalue weighted by atomic mass is 79.9. The summed E-state index contributed by atoms with van der Waals surface area (Å²) in [6.45, 7) is 6.80. The van der Waals surface area contributed by atoms with Crippen molar-refractivity contribution in [3.05, 3.63) is 40.1 Å². The summed E-state index contributed by atoms with van der Waals surface area (Å²) in [4.78, 5) is 16.3. The van der Waals surface area contributed by atoms with Gasteiger partial charge in [-0.15, -0.1) is 0 Å². The molecule has 3 rings (SSSR count). The summed E-state index contributed by atoms with van der Waals surface area (Å²) in [5, 5.41) is 6.54. The van der Waals surface area contributed by atoms with Crippen LogP contribution in [-0.2, 0) is 0 Å². The van der Waals surface area contributed by atoms with Gasteiger partial charge < -0.3 is 14.3 Å². The number of carbonyl (C=O) groups excluding carboxylic acids is 1. The number of nitrogens with zero attached hydrogens (tertiary/aromatic N) is 3. The highest BCUT2D eigenvalue weighted by molar-refractivity contribution is 9.10. The number of hydrogen-bond acceptors (Lipinski definition) is 4. The van der Waals surface area contributed by atoms with Gasteiger partial charge in [-0.05, 0) is 47.5 Å². The van der Waals surface area contributed by atoms with Crippen LogP contribution >= 0.6 is 15.9 Å². The number of anilines is 2. The number of aromatic nitrogens is 1. The zero-order valence-electron chi connectivity index (χ0n) is 13.2. The number of urea groups is 1. The maximum atomic E-state index is 12.2. The second-order valence-electron chi connectivity index (χ2n) is 5.68. The Morgan fingerprint density at radius 1 is 1.22 bits per heavy atom. The van der Waals surface area contributed by atoms with Gasteiger partial charge in [0.15, 0.2) is 5.82 Å². The van der Waals surface area contributed by atoms with Gasteiger partial charge in [-0.3, -0.25) is 5.32 Å². The maximum Gasteiger partial charge on any atom is 0.323 e. The van der Waals surface area contributed by atoms with E-state index < -0.39 is 0 Å². The van der Waals surface area contributed by atoms with Crippen molar-refractivity contribution in [2.24, 2.45) is 0 Å². The third-order valence-electron chi connectivity index (χ3n) is 3.87. The normalized spacial score (nSPS) is 14.9. The van der Waals surface area contributed by atoms with E-state index in [-0.39, 0.29) is 6.03 Å². The van der Waals surface area contributed by atoms with Gasteiger partial charge in [0.2, 0.25) is 0 Å². The molecule has 122 valence electrons. The topological polar surface area (TPSA) is 61.6 Å². The van der Waals surface area contributed by atoms with E-state index in [0.29, 0.717) is 24.7 Å². The van der Waals surface area contributed by atoms with E-state index in [1.54, 1.807) is 17.9 Å². The van der Waals surface area contributed by atoms with E-state index in [9.17, 15) is 4.79 Å². The molecule has 0 atom stereocenters. The van der Waals surface area contributed by atoms with Crippen molar-refractivity contribution in [3.8, 4) is 0 Å². The number of hydrogen-bond donors (Lipinski definition) is 1. The molecule has 0 bridgehead atoms. The summed E-state index contributed by atoms with van der Waals surface area (Å²) in [6, 6.07) is 7.90. The summed E-state index contributed by atoms with van der Waals surface area (Å²) >= 11 is 3.62. The first-order valence-electron chi connectivity index (χ1n) is 7.53.